The number of H-pyrrole nitrogens is 1. The summed E-state index contributed by atoms with van der Waals surface area (Å²) < 4.78 is 37.1. The molecule has 0 radical (unpaired) electrons. The average Bonchev–Trinajstić information content (AvgIpc) is 2.84. The molecule has 4 nitrogen and oxygen atoms in total. The molecule has 1 heterocycles. The highest BCUT2D eigenvalue weighted by molar-refractivity contribution is 7.91. The van der Waals surface area contributed by atoms with Crippen LogP contribution in [0.4, 0.5) is 4.39 Å². The first kappa shape index (κ1) is 14.0. The number of rotatable bonds is 2. The predicted molar refractivity (Wildman–Crippen MR) is 79.6 cm³/mol. The van der Waals surface area contributed by atoms with Gasteiger partial charge in [0.05, 0.1) is 15.4 Å². The van der Waals surface area contributed by atoms with Crippen molar-refractivity contribution in [1.82, 2.24) is 9.97 Å². The molecule has 0 spiro atoms. The molecule has 2 aromatic carbocycles. The molecule has 0 aliphatic rings. The molecule has 0 aliphatic heterocycles. The number of sulfone groups is 1. The minimum atomic E-state index is -3.41. The van der Waals surface area contributed by atoms with Crippen molar-refractivity contribution in [3.05, 3.63) is 47.2 Å². The molecule has 7 heteroatoms. The quantitative estimate of drug-likeness (QED) is 0.785. The van der Waals surface area contributed by atoms with Crippen LogP contribution in [0.15, 0.2) is 41.3 Å². The maximum atomic E-state index is 13.5. The first-order chi connectivity index (χ1) is 9.88. The van der Waals surface area contributed by atoms with E-state index in [2.05, 4.69) is 9.97 Å². The molecular formula is C14H10ClFN2O2S. The summed E-state index contributed by atoms with van der Waals surface area (Å²) in [5.41, 5.74) is 1.25. The van der Waals surface area contributed by atoms with E-state index in [0.717, 1.165) is 6.26 Å². The zero-order valence-corrected chi connectivity index (χ0v) is 12.5. The normalized spacial score (nSPS) is 12.0. The molecule has 0 bridgehead atoms. The zero-order valence-electron chi connectivity index (χ0n) is 10.9. The van der Waals surface area contributed by atoms with Crippen molar-refractivity contribution >= 4 is 32.5 Å². The number of fused-ring (bicyclic) bond motifs is 1. The van der Waals surface area contributed by atoms with Crippen LogP contribution in [0.5, 0.6) is 0 Å². The summed E-state index contributed by atoms with van der Waals surface area (Å²) in [6, 6.07) is 9.18. The van der Waals surface area contributed by atoms with Crippen molar-refractivity contribution in [3.63, 3.8) is 0 Å². The first-order valence-corrected chi connectivity index (χ1v) is 8.28. The topological polar surface area (TPSA) is 62.8 Å². The molecule has 3 aromatic rings. The third kappa shape index (κ3) is 2.41. The molecule has 0 aliphatic carbocycles. The largest absolute Gasteiger partial charge is 0.338 e. The van der Waals surface area contributed by atoms with Crippen molar-refractivity contribution in [2.45, 2.75) is 4.90 Å². The fourth-order valence-corrected chi connectivity index (χ4v) is 3.17. The lowest BCUT2D eigenvalue weighted by atomic mass is 10.2. The van der Waals surface area contributed by atoms with Gasteiger partial charge in [-0.25, -0.2) is 17.8 Å². The Morgan fingerprint density at radius 2 is 1.90 bits per heavy atom. The van der Waals surface area contributed by atoms with Crippen LogP contribution >= 0.6 is 11.6 Å². The number of nitrogens with one attached hydrogen (secondary N) is 1. The summed E-state index contributed by atoms with van der Waals surface area (Å²) in [4.78, 5) is 7.35. The van der Waals surface area contributed by atoms with Crippen molar-refractivity contribution in [3.8, 4) is 11.4 Å². The smallest absolute Gasteiger partial charge is 0.177 e. The van der Waals surface area contributed by atoms with E-state index in [1.165, 1.54) is 18.2 Å². The monoisotopic (exact) mass is 324 g/mol. The van der Waals surface area contributed by atoms with E-state index in [1.54, 1.807) is 18.2 Å². The van der Waals surface area contributed by atoms with E-state index in [4.69, 9.17) is 11.6 Å². The van der Waals surface area contributed by atoms with E-state index >= 15 is 0 Å². The molecule has 0 fully saturated rings. The van der Waals surface area contributed by atoms with E-state index in [1.807, 2.05) is 0 Å². The van der Waals surface area contributed by atoms with Crippen LogP contribution in [0.2, 0.25) is 5.02 Å². The van der Waals surface area contributed by atoms with Crippen LogP contribution in [0.25, 0.3) is 22.4 Å². The van der Waals surface area contributed by atoms with E-state index in [-0.39, 0.29) is 9.92 Å². The summed E-state index contributed by atoms with van der Waals surface area (Å²) >= 11 is 5.93. The molecule has 0 saturated heterocycles. The molecular weight excluding hydrogens is 315 g/mol. The van der Waals surface area contributed by atoms with Gasteiger partial charge in [-0.1, -0.05) is 23.7 Å². The van der Waals surface area contributed by atoms with Crippen LogP contribution in [0, 0.1) is 5.82 Å². The van der Waals surface area contributed by atoms with Crippen molar-refractivity contribution in [1.29, 1.82) is 0 Å². The fraction of sp³-hybridized carbons (Fsp3) is 0.0714. The number of hydrogen-bond acceptors (Lipinski definition) is 3. The molecule has 0 unspecified atom stereocenters. The van der Waals surface area contributed by atoms with Gasteiger partial charge < -0.3 is 4.98 Å². The van der Waals surface area contributed by atoms with Crippen molar-refractivity contribution in [2.75, 3.05) is 6.26 Å². The maximum Gasteiger partial charge on any atom is 0.177 e. The Morgan fingerprint density at radius 3 is 2.62 bits per heavy atom. The van der Waals surface area contributed by atoms with E-state index < -0.39 is 15.7 Å². The highest BCUT2D eigenvalue weighted by Gasteiger charge is 2.17. The fourth-order valence-electron chi connectivity index (χ4n) is 2.12. The van der Waals surface area contributed by atoms with Crippen LogP contribution in [-0.2, 0) is 9.84 Å². The first-order valence-electron chi connectivity index (χ1n) is 6.01. The molecule has 108 valence electrons. The van der Waals surface area contributed by atoms with Gasteiger partial charge in [0, 0.05) is 11.8 Å². The lowest BCUT2D eigenvalue weighted by molar-refractivity contribution is 0.602. The lowest BCUT2D eigenvalue weighted by Gasteiger charge is -2.00. The van der Waals surface area contributed by atoms with Gasteiger partial charge in [-0.15, -0.1) is 0 Å². The third-order valence-electron chi connectivity index (χ3n) is 3.08. The molecule has 0 atom stereocenters. The number of imidazole rings is 1. The van der Waals surface area contributed by atoms with Crippen LogP contribution in [0.3, 0.4) is 0 Å². The average molecular weight is 325 g/mol. The summed E-state index contributed by atoms with van der Waals surface area (Å²) in [7, 11) is -3.41. The number of nitrogens with zero attached hydrogens (tertiary/aromatic N) is 1. The summed E-state index contributed by atoms with van der Waals surface area (Å²) in [5, 5.41) is -0.0579. The summed E-state index contributed by atoms with van der Waals surface area (Å²) in [6.45, 7) is 0. The van der Waals surface area contributed by atoms with Gasteiger partial charge in [0.25, 0.3) is 0 Å². The van der Waals surface area contributed by atoms with Gasteiger partial charge >= 0.3 is 0 Å². The second-order valence-corrected chi connectivity index (χ2v) is 6.97. The molecule has 1 N–H and O–H groups in total. The Kier molecular flexibility index (Phi) is 3.22. The predicted octanol–water partition coefficient (Wildman–Crippen LogP) is 3.43. The van der Waals surface area contributed by atoms with Gasteiger partial charge in [0.15, 0.2) is 9.84 Å². The van der Waals surface area contributed by atoms with Gasteiger partial charge in [0.2, 0.25) is 0 Å². The van der Waals surface area contributed by atoms with E-state index in [0.29, 0.717) is 22.4 Å². The van der Waals surface area contributed by atoms with Crippen molar-refractivity contribution in [2.24, 2.45) is 0 Å². The van der Waals surface area contributed by atoms with Crippen molar-refractivity contribution < 1.29 is 12.8 Å². The SMILES string of the molecule is CS(=O)(=O)c1cccc2[nH]c(-c3cccc(F)c3Cl)nc12. The maximum absolute atomic E-state index is 13.5. The van der Waals surface area contributed by atoms with E-state index in [9.17, 15) is 12.8 Å². The number of hydrogen-bond donors (Lipinski definition) is 1. The minimum absolute atomic E-state index is 0.0579. The molecule has 0 amide bonds. The number of aromatic amines is 1. The number of aromatic nitrogens is 2. The second kappa shape index (κ2) is 4.82. The molecule has 3 rings (SSSR count). The van der Waals surface area contributed by atoms with Gasteiger partial charge in [0.1, 0.15) is 17.2 Å². The highest BCUT2D eigenvalue weighted by atomic mass is 35.5. The van der Waals surface area contributed by atoms with Crippen LogP contribution in [0.1, 0.15) is 0 Å². The highest BCUT2D eigenvalue weighted by Crippen LogP contribution is 2.31. The lowest BCUT2D eigenvalue weighted by Crippen LogP contribution is -1.97. The van der Waals surface area contributed by atoms with Gasteiger partial charge in [-0.2, -0.15) is 0 Å². The minimum Gasteiger partial charge on any atom is -0.338 e. The molecule has 1 aromatic heterocycles. The Balaban J connectivity index is 2.30. The Bertz CT molecular complexity index is 951. The zero-order chi connectivity index (χ0) is 15.2. The Hall–Kier alpha value is -1.92. The standard InChI is InChI=1S/C14H10ClFN2O2S/c1-21(19,20)11-7-3-6-10-13(11)18-14(17-10)8-4-2-5-9(16)12(8)15/h2-7H,1H3,(H,17,18). The summed E-state index contributed by atoms with van der Waals surface area (Å²) in [6.07, 6.45) is 1.12. The van der Waals surface area contributed by atoms with Crippen LogP contribution < -0.4 is 0 Å². The number of para-hydroxylation sites is 1. The van der Waals surface area contributed by atoms with Gasteiger partial charge in [-0.05, 0) is 24.3 Å². The number of benzene rings is 2. The molecule has 0 saturated carbocycles. The third-order valence-corrected chi connectivity index (χ3v) is 4.59. The Morgan fingerprint density at radius 1 is 1.19 bits per heavy atom. The number of halogens is 2. The summed E-state index contributed by atoms with van der Waals surface area (Å²) in [5.74, 6) is -0.233. The van der Waals surface area contributed by atoms with Gasteiger partial charge in [-0.3, -0.25) is 0 Å². The second-order valence-electron chi connectivity index (χ2n) is 4.61. The van der Waals surface area contributed by atoms with Crippen LogP contribution in [-0.4, -0.2) is 24.6 Å². The molecule has 21 heavy (non-hydrogen) atoms. The Labute approximate surface area is 125 Å².